The maximum absolute atomic E-state index is 6.05. The number of hydrogen-bond donors (Lipinski definition) is 1. The molecule has 0 unspecified atom stereocenters. The molecule has 0 aliphatic carbocycles. The molecule has 1 aromatic heterocycles. The zero-order valence-corrected chi connectivity index (χ0v) is 12.5. The maximum atomic E-state index is 6.05. The third-order valence-corrected chi connectivity index (χ3v) is 3.21. The molecule has 4 nitrogen and oxygen atoms in total. The summed E-state index contributed by atoms with van der Waals surface area (Å²) in [5, 5.41) is 3.74. The van der Waals surface area contributed by atoms with E-state index in [9.17, 15) is 0 Å². The second kappa shape index (κ2) is 6.48. The second-order valence-corrected chi connectivity index (χ2v) is 4.75. The molecule has 0 atom stereocenters. The van der Waals surface area contributed by atoms with Gasteiger partial charge in [-0.05, 0) is 36.2 Å². The number of nitrogens with one attached hydrogen (secondary N) is 1. The van der Waals surface area contributed by atoms with E-state index in [1.165, 1.54) is 0 Å². The predicted octanol–water partition coefficient (Wildman–Crippen LogP) is 3.67. The molecule has 0 aliphatic heterocycles. The highest BCUT2D eigenvalue weighted by molar-refractivity contribution is 6.31. The summed E-state index contributed by atoms with van der Waals surface area (Å²) in [6, 6.07) is 7.76. The molecule has 1 aromatic carbocycles. The predicted molar refractivity (Wildman–Crippen MR) is 80.9 cm³/mol. The Bertz CT molecular complexity index is 602. The number of nitrogens with zero attached hydrogens (tertiary/aromatic N) is 1. The monoisotopic (exact) mass is 292 g/mol. The number of pyridine rings is 1. The fourth-order valence-corrected chi connectivity index (χ4v) is 2.03. The van der Waals surface area contributed by atoms with E-state index in [0.717, 1.165) is 16.8 Å². The minimum atomic E-state index is 0.469. The molecular weight excluding hydrogens is 276 g/mol. The van der Waals surface area contributed by atoms with E-state index in [2.05, 4.69) is 10.3 Å². The fraction of sp³-hybridized carbons (Fsp3) is 0.267. The van der Waals surface area contributed by atoms with Crippen LogP contribution in [-0.4, -0.2) is 19.2 Å². The summed E-state index contributed by atoms with van der Waals surface area (Å²) in [5.41, 5.74) is 2.95. The molecule has 0 spiro atoms. The molecule has 2 aromatic rings. The highest BCUT2D eigenvalue weighted by atomic mass is 35.5. The van der Waals surface area contributed by atoms with Crippen LogP contribution in [-0.2, 0) is 6.54 Å². The molecular formula is C15H17ClN2O2. The summed E-state index contributed by atoms with van der Waals surface area (Å²) in [6.07, 6.45) is 1.74. The smallest absolute Gasteiger partial charge is 0.161 e. The van der Waals surface area contributed by atoms with E-state index in [1.807, 2.05) is 31.2 Å². The highest BCUT2D eigenvalue weighted by Crippen LogP contribution is 2.28. The number of ether oxygens (including phenoxy) is 2. The van der Waals surface area contributed by atoms with E-state index < -0.39 is 0 Å². The van der Waals surface area contributed by atoms with Crippen molar-refractivity contribution in [3.63, 3.8) is 0 Å². The number of aryl methyl sites for hydroxylation is 1. The maximum Gasteiger partial charge on any atom is 0.161 e. The molecule has 0 radical (unpaired) electrons. The van der Waals surface area contributed by atoms with Crippen molar-refractivity contribution in [1.29, 1.82) is 0 Å². The van der Waals surface area contributed by atoms with Crippen molar-refractivity contribution >= 4 is 17.3 Å². The molecule has 0 saturated heterocycles. The molecule has 0 saturated carbocycles. The fourth-order valence-electron chi connectivity index (χ4n) is 1.86. The van der Waals surface area contributed by atoms with Crippen molar-refractivity contribution in [2.45, 2.75) is 13.5 Å². The normalized spacial score (nSPS) is 10.2. The topological polar surface area (TPSA) is 43.4 Å². The summed E-state index contributed by atoms with van der Waals surface area (Å²) in [5.74, 6) is 1.42. The SMILES string of the molecule is COc1ccc(CNc2cc(C)cnc2Cl)cc1OC. The van der Waals surface area contributed by atoms with Gasteiger partial charge in [0, 0.05) is 12.7 Å². The molecule has 0 bridgehead atoms. The Balaban J connectivity index is 2.12. The van der Waals surface area contributed by atoms with Crippen LogP contribution in [0, 0.1) is 6.92 Å². The van der Waals surface area contributed by atoms with Gasteiger partial charge in [0.1, 0.15) is 0 Å². The van der Waals surface area contributed by atoms with Gasteiger partial charge in [0.15, 0.2) is 16.7 Å². The number of rotatable bonds is 5. The first-order chi connectivity index (χ1) is 9.63. The lowest BCUT2D eigenvalue weighted by Crippen LogP contribution is -2.02. The minimum Gasteiger partial charge on any atom is -0.493 e. The first-order valence-electron chi connectivity index (χ1n) is 6.21. The van der Waals surface area contributed by atoms with Crippen LogP contribution in [0.3, 0.4) is 0 Å². The zero-order chi connectivity index (χ0) is 14.5. The molecule has 2 rings (SSSR count). The summed E-state index contributed by atoms with van der Waals surface area (Å²) >= 11 is 6.05. The number of halogens is 1. The lowest BCUT2D eigenvalue weighted by Gasteiger charge is -2.11. The van der Waals surface area contributed by atoms with Crippen LogP contribution in [0.4, 0.5) is 5.69 Å². The number of methoxy groups -OCH3 is 2. The Kier molecular flexibility index (Phi) is 4.69. The van der Waals surface area contributed by atoms with Crippen molar-refractivity contribution in [3.05, 3.63) is 46.7 Å². The molecule has 1 heterocycles. The van der Waals surface area contributed by atoms with Crippen LogP contribution in [0.2, 0.25) is 5.15 Å². The van der Waals surface area contributed by atoms with Crippen molar-refractivity contribution in [2.75, 3.05) is 19.5 Å². The number of hydrogen-bond acceptors (Lipinski definition) is 4. The van der Waals surface area contributed by atoms with Gasteiger partial charge in [-0.1, -0.05) is 17.7 Å². The van der Waals surface area contributed by atoms with Gasteiger partial charge in [0.2, 0.25) is 0 Å². The van der Waals surface area contributed by atoms with Gasteiger partial charge in [0.05, 0.1) is 19.9 Å². The first kappa shape index (κ1) is 14.5. The average Bonchev–Trinajstić information content (AvgIpc) is 2.47. The van der Waals surface area contributed by atoms with Gasteiger partial charge >= 0.3 is 0 Å². The Morgan fingerprint density at radius 3 is 2.60 bits per heavy atom. The third-order valence-electron chi connectivity index (χ3n) is 2.91. The Morgan fingerprint density at radius 1 is 1.15 bits per heavy atom. The lowest BCUT2D eigenvalue weighted by molar-refractivity contribution is 0.354. The number of benzene rings is 1. The van der Waals surface area contributed by atoms with E-state index in [1.54, 1.807) is 20.4 Å². The van der Waals surface area contributed by atoms with Crippen LogP contribution in [0.1, 0.15) is 11.1 Å². The van der Waals surface area contributed by atoms with Crippen LogP contribution in [0.15, 0.2) is 30.5 Å². The van der Waals surface area contributed by atoms with E-state index in [4.69, 9.17) is 21.1 Å². The van der Waals surface area contributed by atoms with E-state index >= 15 is 0 Å². The average molecular weight is 293 g/mol. The minimum absolute atomic E-state index is 0.469. The van der Waals surface area contributed by atoms with Crippen LogP contribution in [0.25, 0.3) is 0 Å². The number of aromatic nitrogens is 1. The van der Waals surface area contributed by atoms with Gasteiger partial charge in [-0.2, -0.15) is 0 Å². The zero-order valence-electron chi connectivity index (χ0n) is 11.7. The quantitative estimate of drug-likeness (QED) is 0.854. The Hall–Kier alpha value is -1.94. The summed E-state index contributed by atoms with van der Waals surface area (Å²) < 4.78 is 10.5. The van der Waals surface area contributed by atoms with Gasteiger partial charge in [-0.15, -0.1) is 0 Å². The second-order valence-electron chi connectivity index (χ2n) is 4.39. The van der Waals surface area contributed by atoms with Gasteiger partial charge in [-0.25, -0.2) is 4.98 Å². The summed E-state index contributed by atoms with van der Waals surface area (Å²) in [6.45, 7) is 2.61. The van der Waals surface area contributed by atoms with Crippen molar-refractivity contribution in [3.8, 4) is 11.5 Å². The highest BCUT2D eigenvalue weighted by Gasteiger charge is 2.06. The van der Waals surface area contributed by atoms with Crippen LogP contribution in [0.5, 0.6) is 11.5 Å². The molecule has 1 N–H and O–H groups in total. The Morgan fingerprint density at radius 2 is 1.90 bits per heavy atom. The first-order valence-corrected chi connectivity index (χ1v) is 6.58. The van der Waals surface area contributed by atoms with Crippen LogP contribution >= 0.6 is 11.6 Å². The molecule has 0 aliphatic rings. The number of anilines is 1. The van der Waals surface area contributed by atoms with Gasteiger partial charge in [-0.3, -0.25) is 0 Å². The lowest BCUT2D eigenvalue weighted by atomic mass is 10.2. The van der Waals surface area contributed by atoms with Crippen molar-refractivity contribution in [1.82, 2.24) is 4.98 Å². The molecule has 20 heavy (non-hydrogen) atoms. The molecule has 0 amide bonds. The molecule has 106 valence electrons. The van der Waals surface area contributed by atoms with E-state index in [0.29, 0.717) is 23.2 Å². The van der Waals surface area contributed by atoms with Crippen LogP contribution < -0.4 is 14.8 Å². The molecule has 5 heteroatoms. The standard InChI is InChI=1S/C15H17ClN2O2/c1-10-6-12(15(16)18-8-10)17-9-11-4-5-13(19-2)14(7-11)20-3/h4-8,17H,9H2,1-3H3. The molecule has 0 fully saturated rings. The Labute approximate surface area is 123 Å². The van der Waals surface area contributed by atoms with Gasteiger partial charge in [0.25, 0.3) is 0 Å². The van der Waals surface area contributed by atoms with Crippen molar-refractivity contribution in [2.24, 2.45) is 0 Å². The third kappa shape index (κ3) is 3.33. The summed E-state index contributed by atoms with van der Waals surface area (Å²) in [4.78, 5) is 4.11. The largest absolute Gasteiger partial charge is 0.493 e. The van der Waals surface area contributed by atoms with Crippen molar-refractivity contribution < 1.29 is 9.47 Å². The summed E-state index contributed by atoms with van der Waals surface area (Å²) in [7, 11) is 3.24. The van der Waals surface area contributed by atoms with E-state index in [-0.39, 0.29) is 0 Å². The van der Waals surface area contributed by atoms with Gasteiger partial charge < -0.3 is 14.8 Å².